The van der Waals surface area contributed by atoms with E-state index in [0.717, 1.165) is 32.0 Å². The van der Waals surface area contributed by atoms with E-state index in [0.29, 0.717) is 12.6 Å². The van der Waals surface area contributed by atoms with Crippen molar-refractivity contribution < 1.29 is 9.53 Å². The van der Waals surface area contributed by atoms with E-state index in [-0.39, 0.29) is 12.5 Å². The molecule has 2 aliphatic rings. The minimum atomic E-state index is 0.164. The number of carbonyl (C=O) groups is 1. The molecular formula is C14H26N2O2. The van der Waals surface area contributed by atoms with Crippen LogP contribution >= 0.6 is 0 Å². The average Bonchev–Trinajstić information content (AvgIpc) is 2.83. The summed E-state index contributed by atoms with van der Waals surface area (Å²) in [6.07, 6.45) is 6.31. The number of nitrogens with one attached hydrogen (secondary N) is 1. The Morgan fingerprint density at radius 3 is 3.11 bits per heavy atom. The SMILES string of the molecule is CCCNC1CCCC1CCN1CCOCC1=O. The Bertz CT molecular complexity index is 271. The highest BCUT2D eigenvalue weighted by molar-refractivity contribution is 5.77. The van der Waals surface area contributed by atoms with Crippen LogP contribution in [0.5, 0.6) is 0 Å². The van der Waals surface area contributed by atoms with Gasteiger partial charge in [0, 0.05) is 19.1 Å². The molecule has 0 aromatic heterocycles. The van der Waals surface area contributed by atoms with E-state index in [1.165, 1.54) is 25.7 Å². The van der Waals surface area contributed by atoms with Gasteiger partial charge >= 0.3 is 0 Å². The minimum Gasteiger partial charge on any atom is -0.370 e. The molecule has 1 amide bonds. The van der Waals surface area contributed by atoms with E-state index in [1.807, 2.05) is 4.90 Å². The van der Waals surface area contributed by atoms with Crippen LogP contribution in [-0.2, 0) is 9.53 Å². The van der Waals surface area contributed by atoms with Gasteiger partial charge in [-0.05, 0) is 38.1 Å². The number of carbonyl (C=O) groups excluding carboxylic acids is 1. The lowest BCUT2D eigenvalue weighted by Crippen LogP contribution is -2.43. The normalized spacial score (nSPS) is 28.9. The Labute approximate surface area is 110 Å². The number of hydrogen-bond donors (Lipinski definition) is 1. The number of morpholine rings is 1. The maximum atomic E-state index is 11.6. The van der Waals surface area contributed by atoms with E-state index in [9.17, 15) is 4.79 Å². The third-order valence-electron chi connectivity index (χ3n) is 4.17. The van der Waals surface area contributed by atoms with E-state index < -0.39 is 0 Å². The van der Waals surface area contributed by atoms with Crippen molar-refractivity contribution in [3.05, 3.63) is 0 Å². The standard InChI is InChI=1S/C14H26N2O2/c1-2-7-15-13-5-3-4-12(13)6-8-16-9-10-18-11-14(16)17/h12-13,15H,2-11H2,1H3. The predicted octanol–water partition coefficient (Wildman–Crippen LogP) is 1.40. The molecule has 0 radical (unpaired) electrons. The van der Waals surface area contributed by atoms with Crippen molar-refractivity contribution in [1.82, 2.24) is 10.2 Å². The first-order chi connectivity index (χ1) is 8.81. The molecule has 4 nitrogen and oxygen atoms in total. The predicted molar refractivity (Wildman–Crippen MR) is 71.4 cm³/mol. The summed E-state index contributed by atoms with van der Waals surface area (Å²) in [6.45, 7) is 6.01. The number of rotatable bonds is 6. The van der Waals surface area contributed by atoms with Crippen molar-refractivity contribution in [2.75, 3.05) is 32.8 Å². The van der Waals surface area contributed by atoms with Crippen molar-refractivity contribution in [3.8, 4) is 0 Å². The first kappa shape index (κ1) is 13.8. The Morgan fingerprint density at radius 1 is 1.44 bits per heavy atom. The molecule has 104 valence electrons. The lowest BCUT2D eigenvalue weighted by atomic mass is 9.99. The maximum absolute atomic E-state index is 11.6. The van der Waals surface area contributed by atoms with Crippen LogP contribution in [-0.4, -0.2) is 49.7 Å². The summed E-state index contributed by atoms with van der Waals surface area (Å²) in [5, 5.41) is 3.65. The molecule has 18 heavy (non-hydrogen) atoms. The van der Waals surface area contributed by atoms with Crippen LogP contribution in [0.15, 0.2) is 0 Å². The molecule has 1 saturated carbocycles. The van der Waals surface area contributed by atoms with Gasteiger partial charge < -0.3 is 15.0 Å². The fraction of sp³-hybridized carbons (Fsp3) is 0.929. The fourth-order valence-electron chi connectivity index (χ4n) is 3.09. The summed E-state index contributed by atoms with van der Waals surface area (Å²) in [6, 6.07) is 0.682. The molecule has 2 unspecified atom stereocenters. The second-order valence-corrected chi connectivity index (χ2v) is 5.47. The summed E-state index contributed by atoms with van der Waals surface area (Å²) >= 11 is 0. The summed E-state index contributed by atoms with van der Waals surface area (Å²) in [7, 11) is 0. The monoisotopic (exact) mass is 254 g/mol. The van der Waals surface area contributed by atoms with E-state index in [4.69, 9.17) is 4.74 Å². The Hall–Kier alpha value is -0.610. The first-order valence-corrected chi connectivity index (χ1v) is 7.40. The summed E-state index contributed by atoms with van der Waals surface area (Å²) < 4.78 is 5.15. The summed E-state index contributed by atoms with van der Waals surface area (Å²) in [5.74, 6) is 0.921. The van der Waals surface area contributed by atoms with Crippen molar-refractivity contribution in [3.63, 3.8) is 0 Å². The molecular weight excluding hydrogens is 228 g/mol. The van der Waals surface area contributed by atoms with Crippen molar-refractivity contribution >= 4 is 5.91 Å². The average molecular weight is 254 g/mol. The molecule has 0 aromatic rings. The Balaban J connectivity index is 1.72. The van der Waals surface area contributed by atoms with E-state index >= 15 is 0 Å². The largest absolute Gasteiger partial charge is 0.370 e. The van der Waals surface area contributed by atoms with Crippen LogP contribution in [0.2, 0.25) is 0 Å². The molecule has 0 spiro atoms. The van der Waals surface area contributed by atoms with Gasteiger partial charge in [-0.25, -0.2) is 0 Å². The van der Waals surface area contributed by atoms with Gasteiger partial charge in [-0.3, -0.25) is 4.79 Å². The van der Waals surface area contributed by atoms with Crippen LogP contribution in [0.4, 0.5) is 0 Å². The van der Waals surface area contributed by atoms with Crippen molar-refractivity contribution in [2.24, 2.45) is 5.92 Å². The van der Waals surface area contributed by atoms with Gasteiger partial charge in [0.1, 0.15) is 6.61 Å². The number of ether oxygens (including phenoxy) is 1. The van der Waals surface area contributed by atoms with Crippen LogP contribution < -0.4 is 5.32 Å². The van der Waals surface area contributed by atoms with Gasteiger partial charge in [0.25, 0.3) is 0 Å². The van der Waals surface area contributed by atoms with Gasteiger partial charge in [-0.2, -0.15) is 0 Å². The molecule has 2 atom stereocenters. The number of hydrogen-bond acceptors (Lipinski definition) is 3. The second-order valence-electron chi connectivity index (χ2n) is 5.47. The van der Waals surface area contributed by atoms with Gasteiger partial charge in [0.2, 0.25) is 5.91 Å². The minimum absolute atomic E-state index is 0.164. The molecule has 2 fully saturated rings. The highest BCUT2D eigenvalue weighted by Crippen LogP contribution is 2.28. The molecule has 4 heteroatoms. The zero-order valence-electron chi connectivity index (χ0n) is 11.5. The number of nitrogens with zero attached hydrogens (tertiary/aromatic N) is 1. The molecule has 1 aliphatic heterocycles. The second kappa shape index (κ2) is 7.10. The van der Waals surface area contributed by atoms with E-state index in [1.54, 1.807) is 0 Å². The van der Waals surface area contributed by atoms with Crippen LogP contribution in [0.1, 0.15) is 39.0 Å². The smallest absolute Gasteiger partial charge is 0.248 e. The van der Waals surface area contributed by atoms with Crippen LogP contribution in [0.3, 0.4) is 0 Å². The van der Waals surface area contributed by atoms with Gasteiger partial charge in [0.05, 0.1) is 6.61 Å². The van der Waals surface area contributed by atoms with Crippen molar-refractivity contribution in [1.29, 1.82) is 0 Å². The Morgan fingerprint density at radius 2 is 2.33 bits per heavy atom. The fourth-order valence-corrected chi connectivity index (χ4v) is 3.09. The van der Waals surface area contributed by atoms with Gasteiger partial charge in [0.15, 0.2) is 0 Å². The molecule has 1 N–H and O–H groups in total. The van der Waals surface area contributed by atoms with Gasteiger partial charge in [-0.15, -0.1) is 0 Å². The summed E-state index contributed by atoms with van der Waals surface area (Å²) in [4.78, 5) is 13.6. The zero-order chi connectivity index (χ0) is 12.8. The van der Waals surface area contributed by atoms with Crippen LogP contribution in [0.25, 0.3) is 0 Å². The molecule has 0 bridgehead atoms. The molecule has 0 aromatic carbocycles. The summed E-state index contributed by atoms with van der Waals surface area (Å²) in [5.41, 5.74) is 0. The molecule has 1 saturated heterocycles. The molecule has 1 aliphatic carbocycles. The van der Waals surface area contributed by atoms with Gasteiger partial charge in [-0.1, -0.05) is 13.3 Å². The zero-order valence-corrected chi connectivity index (χ0v) is 11.5. The first-order valence-electron chi connectivity index (χ1n) is 7.40. The van der Waals surface area contributed by atoms with Crippen molar-refractivity contribution in [2.45, 2.75) is 45.1 Å². The maximum Gasteiger partial charge on any atom is 0.248 e. The Kier molecular flexibility index (Phi) is 5.45. The topological polar surface area (TPSA) is 41.6 Å². The highest BCUT2D eigenvalue weighted by atomic mass is 16.5. The quantitative estimate of drug-likeness (QED) is 0.779. The lowest BCUT2D eigenvalue weighted by molar-refractivity contribution is -0.142. The molecule has 1 heterocycles. The molecule has 2 rings (SSSR count). The van der Waals surface area contributed by atoms with E-state index in [2.05, 4.69) is 12.2 Å². The third kappa shape index (κ3) is 3.69. The number of amides is 1. The van der Waals surface area contributed by atoms with Crippen LogP contribution in [0, 0.1) is 5.92 Å². The third-order valence-corrected chi connectivity index (χ3v) is 4.17. The lowest BCUT2D eigenvalue weighted by Gasteiger charge is -2.29. The highest BCUT2D eigenvalue weighted by Gasteiger charge is 2.28.